The number of anilines is 1. The minimum Gasteiger partial charge on any atom is -0.369 e. The maximum absolute atomic E-state index is 11.2. The second-order valence-corrected chi connectivity index (χ2v) is 6.89. The van der Waals surface area contributed by atoms with Crippen molar-refractivity contribution in [2.45, 2.75) is 18.8 Å². The summed E-state index contributed by atoms with van der Waals surface area (Å²) in [5.41, 5.74) is 4.28. The molecule has 0 spiro atoms. The summed E-state index contributed by atoms with van der Waals surface area (Å²) in [4.78, 5) is 18.1. The predicted octanol–water partition coefficient (Wildman–Crippen LogP) is 4.62. The molecule has 0 radical (unpaired) electrons. The van der Waals surface area contributed by atoms with Crippen LogP contribution in [0.1, 0.15) is 23.5 Å². The van der Waals surface area contributed by atoms with Crippen molar-refractivity contribution in [1.82, 2.24) is 4.98 Å². The van der Waals surface area contributed by atoms with Gasteiger partial charge >= 0.3 is 0 Å². The number of fused-ring (bicyclic) bond motifs is 1. The maximum atomic E-state index is 11.2. The summed E-state index contributed by atoms with van der Waals surface area (Å²) in [5, 5.41) is 1.60. The van der Waals surface area contributed by atoms with E-state index >= 15 is 0 Å². The number of nitrogens with zero attached hydrogens (tertiary/aromatic N) is 2. The Morgan fingerprint density at radius 1 is 1.20 bits per heavy atom. The molecule has 1 unspecified atom stereocenters. The van der Waals surface area contributed by atoms with Crippen LogP contribution in [-0.2, 0) is 11.2 Å². The van der Waals surface area contributed by atoms with Crippen LogP contribution >= 0.6 is 11.6 Å². The van der Waals surface area contributed by atoms with Gasteiger partial charge in [0.1, 0.15) is 6.29 Å². The molecule has 0 saturated carbocycles. The third-order valence-corrected chi connectivity index (χ3v) is 5.29. The summed E-state index contributed by atoms with van der Waals surface area (Å²) >= 11 is 6.43. The Morgan fingerprint density at radius 3 is 2.84 bits per heavy atom. The van der Waals surface area contributed by atoms with Crippen LogP contribution in [0.5, 0.6) is 0 Å². The molecular formula is C21H19ClN2O. The molecule has 0 bridgehead atoms. The lowest BCUT2D eigenvalue weighted by Gasteiger charge is -2.24. The smallest absolute Gasteiger partial charge is 0.124 e. The lowest BCUT2D eigenvalue weighted by Crippen LogP contribution is -2.21. The number of halogens is 1. The molecule has 4 heteroatoms. The molecule has 1 fully saturated rings. The highest BCUT2D eigenvalue weighted by Gasteiger charge is 2.27. The first-order chi connectivity index (χ1) is 12.3. The van der Waals surface area contributed by atoms with Gasteiger partial charge in [0.05, 0.1) is 16.2 Å². The number of aldehydes is 1. The van der Waals surface area contributed by atoms with Gasteiger partial charge in [-0.3, -0.25) is 4.98 Å². The average Bonchev–Trinajstić information content (AvgIpc) is 3.13. The van der Waals surface area contributed by atoms with E-state index in [2.05, 4.69) is 40.2 Å². The monoisotopic (exact) mass is 350 g/mol. The number of rotatable bonds is 4. The number of carbonyl (C=O) groups excluding carboxylic acids is 1. The summed E-state index contributed by atoms with van der Waals surface area (Å²) in [6.07, 6.45) is 4.18. The highest BCUT2D eigenvalue weighted by atomic mass is 35.5. The van der Waals surface area contributed by atoms with Crippen LogP contribution in [0.25, 0.3) is 10.9 Å². The van der Waals surface area contributed by atoms with Crippen molar-refractivity contribution in [1.29, 1.82) is 0 Å². The zero-order valence-corrected chi connectivity index (χ0v) is 14.6. The van der Waals surface area contributed by atoms with E-state index in [1.54, 1.807) is 6.20 Å². The molecule has 3 nitrogen and oxygen atoms in total. The molecule has 0 amide bonds. The van der Waals surface area contributed by atoms with Gasteiger partial charge in [-0.2, -0.15) is 0 Å². The Morgan fingerprint density at radius 2 is 2.04 bits per heavy atom. The first kappa shape index (κ1) is 16.1. The quantitative estimate of drug-likeness (QED) is 0.643. The van der Waals surface area contributed by atoms with E-state index in [0.717, 1.165) is 48.0 Å². The zero-order chi connectivity index (χ0) is 17.2. The molecule has 1 saturated heterocycles. The van der Waals surface area contributed by atoms with E-state index in [1.807, 2.05) is 18.2 Å². The van der Waals surface area contributed by atoms with Crippen molar-refractivity contribution in [3.63, 3.8) is 0 Å². The van der Waals surface area contributed by atoms with E-state index in [0.29, 0.717) is 17.4 Å². The molecule has 0 N–H and O–H groups in total. The van der Waals surface area contributed by atoms with Gasteiger partial charge in [0.15, 0.2) is 0 Å². The third-order valence-electron chi connectivity index (χ3n) is 4.97. The van der Waals surface area contributed by atoms with Crippen molar-refractivity contribution < 1.29 is 4.79 Å². The molecule has 0 aliphatic carbocycles. The summed E-state index contributed by atoms with van der Waals surface area (Å²) in [6, 6.07) is 16.4. The molecule has 2 aromatic carbocycles. The molecule has 1 aromatic heterocycles. The fraction of sp³-hybridized carbons (Fsp3) is 0.238. The Labute approximate surface area is 152 Å². The van der Waals surface area contributed by atoms with Crippen LogP contribution < -0.4 is 4.90 Å². The van der Waals surface area contributed by atoms with E-state index in [-0.39, 0.29) is 0 Å². The minimum atomic E-state index is 0.355. The first-order valence-electron chi connectivity index (χ1n) is 8.57. The van der Waals surface area contributed by atoms with Gasteiger partial charge in [0, 0.05) is 37.0 Å². The molecule has 2 heterocycles. The molecule has 1 atom stereocenters. The second kappa shape index (κ2) is 6.85. The Bertz CT molecular complexity index is 910. The van der Waals surface area contributed by atoms with E-state index < -0.39 is 0 Å². The Hall–Kier alpha value is -2.39. The SMILES string of the molecule is O=CCc1cc(Cl)c2cccnc2c1N1CCC(c2ccccc2)C1. The van der Waals surface area contributed by atoms with Crippen LogP contribution in [0.4, 0.5) is 5.69 Å². The average molecular weight is 351 g/mol. The van der Waals surface area contributed by atoms with Gasteiger partial charge in [-0.05, 0) is 35.7 Å². The fourth-order valence-electron chi connectivity index (χ4n) is 3.80. The van der Waals surface area contributed by atoms with Crippen molar-refractivity contribution >= 4 is 34.5 Å². The topological polar surface area (TPSA) is 33.2 Å². The van der Waals surface area contributed by atoms with Gasteiger partial charge in [-0.15, -0.1) is 0 Å². The van der Waals surface area contributed by atoms with Gasteiger partial charge in [0.2, 0.25) is 0 Å². The fourth-order valence-corrected chi connectivity index (χ4v) is 4.08. The Balaban J connectivity index is 1.77. The first-order valence-corrected chi connectivity index (χ1v) is 8.95. The van der Waals surface area contributed by atoms with Crippen molar-refractivity contribution in [2.75, 3.05) is 18.0 Å². The number of pyridine rings is 1. The van der Waals surface area contributed by atoms with Crippen molar-refractivity contribution in [3.05, 3.63) is 70.9 Å². The largest absolute Gasteiger partial charge is 0.369 e. The molecule has 3 aromatic rings. The van der Waals surface area contributed by atoms with Crippen LogP contribution in [0.15, 0.2) is 54.7 Å². The molecule has 1 aliphatic heterocycles. The summed E-state index contributed by atoms with van der Waals surface area (Å²) < 4.78 is 0. The number of hydrogen-bond acceptors (Lipinski definition) is 3. The lowest BCUT2D eigenvalue weighted by molar-refractivity contribution is -0.107. The standard InChI is InChI=1S/C21H19ClN2O/c22-19-13-16(9-12-25)21(20-18(19)7-4-10-23-20)24-11-8-17(14-24)15-5-2-1-3-6-15/h1-7,10,12-13,17H,8-9,11,14H2. The van der Waals surface area contributed by atoms with Gasteiger partial charge in [0.25, 0.3) is 0 Å². The molecule has 25 heavy (non-hydrogen) atoms. The molecular weight excluding hydrogens is 332 g/mol. The zero-order valence-electron chi connectivity index (χ0n) is 13.9. The minimum absolute atomic E-state index is 0.355. The van der Waals surface area contributed by atoms with Crippen LogP contribution in [0.3, 0.4) is 0 Å². The summed E-state index contributed by atoms with van der Waals surface area (Å²) in [5.74, 6) is 0.500. The van der Waals surface area contributed by atoms with E-state index in [9.17, 15) is 4.79 Å². The highest BCUT2D eigenvalue weighted by molar-refractivity contribution is 6.36. The molecule has 1 aliphatic rings. The van der Waals surface area contributed by atoms with E-state index in [4.69, 9.17) is 11.6 Å². The number of hydrogen-bond donors (Lipinski definition) is 0. The van der Waals surface area contributed by atoms with Crippen LogP contribution in [0, 0.1) is 0 Å². The van der Waals surface area contributed by atoms with Crippen molar-refractivity contribution in [2.24, 2.45) is 0 Å². The van der Waals surface area contributed by atoms with Crippen molar-refractivity contribution in [3.8, 4) is 0 Å². The number of aromatic nitrogens is 1. The highest BCUT2D eigenvalue weighted by Crippen LogP contribution is 2.39. The number of benzene rings is 2. The third kappa shape index (κ3) is 3.00. The molecule has 126 valence electrons. The lowest BCUT2D eigenvalue weighted by atomic mass is 9.98. The number of carbonyl (C=O) groups is 1. The normalized spacial score (nSPS) is 17.2. The maximum Gasteiger partial charge on any atom is 0.124 e. The molecule has 4 rings (SSSR count). The van der Waals surface area contributed by atoms with Gasteiger partial charge < -0.3 is 9.69 Å². The van der Waals surface area contributed by atoms with Crippen LogP contribution in [0.2, 0.25) is 5.02 Å². The summed E-state index contributed by atoms with van der Waals surface area (Å²) in [7, 11) is 0. The van der Waals surface area contributed by atoms with Crippen LogP contribution in [-0.4, -0.2) is 24.4 Å². The van der Waals surface area contributed by atoms with E-state index in [1.165, 1.54) is 5.56 Å². The Kier molecular flexibility index (Phi) is 4.41. The predicted molar refractivity (Wildman–Crippen MR) is 103 cm³/mol. The summed E-state index contributed by atoms with van der Waals surface area (Å²) in [6.45, 7) is 1.89. The van der Waals surface area contributed by atoms with Gasteiger partial charge in [-0.25, -0.2) is 0 Å². The van der Waals surface area contributed by atoms with Gasteiger partial charge in [-0.1, -0.05) is 41.9 Å². The second-order valence-electron chi connectivity index (χ2n) is 6.48.